The summed E-state index contributed by atoms with van der Waals surface area (Å²) >= 11 is -0.171. The third kappa shape index (κ3) is 8.85. The summed E-state index contributed by atoms with van der Waals surface area (Å²) in [5, 5.41) is 4.48. The van der Waals surface area contributed by atoms with E-state index in [9.17, 15) is 0 Å². The molecule has 1 heteroatoms. The first-order valence-corrected chi connectivity index (χ1v) is 8.80. The summed E-state index contributed by atoms with van der Waals surface area (Å²) in [5.41, 5.74) is 0. The van der Waals surface area contributed by atoms with Gasteiger partial charge in [-0.2, -0.15) is 0 Å². The number of hydrogen-bond donors (Lipinski definition) is 0. The molecule has 1 aliphatic carbocycles. The molecule has 1 saturated carbocycles. The highest BCUT2D eigenvalue weighted by Crippen LogP contribution is 2.15. The van der Waals surface area contributed by atoms with Crippen molar-refractivity contribution in [2.75, 3.05) is 0 Å². The zero-order valence-electron chi connectivity index (χ0n) is 9.94. The van der Waals surface area contributed by atoms with Crippen LogP contribution < -0.4 is 0 Å². The quantitative estimate of drug-likeness (QED) is 0.567. The Hall–Kier alpha value is 0.532. The Labute approximate surface area is 89.5 Å². The van der Waals surface area contributed by atoms with Crippen LogP contribution in [-0.2, 0) is 0 Å². The third-order valence-corrected chi connectivity index (χ3v) is 6.70. The molecule has 78 valence electrons. The molecule has 1 fully saturated rings. The zero-order valence-corrected chi connectivity index (χ0v) is 11.1. The molecule has 0 bridgehead atoms. The van der Waals surface area contributed by atoms with Gasteiger partial charge in [0.15, 0.2) is 0 Å². The highest BCUT2D eigenvalue weighted by Gasteiger charge is 2.05. The first kappa shape index (κ1) is 13.5. The minimum absolute atomic E-state index is 0.171. The molecule has 0 aliphatic heterocycles. The van der Waals surface area contributed by atoms with Crippen molar-refractivity contribution in [2.24, 2.45) is 0 Å². The molecule has 0 saturated heterocycles. The van der Waals surface area contributed by atoms with Crippen LogP contribution in [0.25, 0.3) is 0 Å². The van der Waals surface area contributed by atoms with Gasteiger partial charge in [-0.15, -0.1) is 0 Å². The average molecular weight is 198 g/mol. The van der Waals surface area contributed by atoms with Gasteiger partial charge >= 0.3 is 0 Å². The van der Waals surface area contributed by atoms with Gasteiger partial charge in [-0.25, -0.2) is 0 Å². The molecule has 0 unspecified atom stereocenters. The fraction of sp³-hybridized carbons (Fsp3) is 1.00. The molecule has 0 nitrogen and oxygen atoms in total. The van der Waals surface area contributed by atoms with E-state index in [1.165, 1.54) is 54.4 Å². The minimum atomic E-state index is -0.171. The van der Waals surface area contributed by atoms with E-state index in [-0.39, 0.29) is 14.1 Å². The fourth-order valence-corrected chi connectivity index (χ4v) is 3.66. The van der Waals surface area contributed by atoms with Gasteiger partial charge in [0.05, 0.1) is 0 Å². The molecule has 13 heavy (non-hydrogen) atoms. The van der Waals surface area contributed by atoms with Crippen molar-refractivity contribution in [1.29, 1.82) is 0 Å². The lowest BCUT2D eigenvalue weighted by Gasteiger charge is -2.05. The van der Waals surface area contributed by atoms with E-state index in [4.69, 9.17) is 0 Å². The van der Waals surface area contributed by atoms with Gasteiger partial charge in [-0.05, 0) is 0 Å². The highest BCUT2D eigenvalue weighted by molar-refractivity contribution is 6.58. The van der Waals surface area contributed by atoms with Crippen LogP contribution in [0, 0.1) is 0 Å². The van der Waals surface area contributed by atoms with Crippen LogP contribution in [0.3, 0.4) is 0 Å². The maximum atomic E-state index is 2.32. The predicted octanol–water partition coefficient (Wildman–Crippen LogP) is 4.88. The Morgan fingerprint density at radius 1 is 0.615 bits per heavy atom. The molecule has 0 aromatic carbocycles. The van der Waals surface area contributed by atoms with Crippen molar-refractivity contribution >= 4 is 14.1 Å². The Kier molecular flexibility index (Phi) is 11.0. The molecular formula is C12H27Al. The molecule has 0 N–H and O–H groups in total. The van der Waals surface area contributed by atoms with Crippen molar-refractivity contribution in [1.82, 2.24) is 0 Å². The summed E-state index contributed by atoms with van der Waals surface area (Å²) in [5.74, 6) is 0. The number of rotatable bonds is 3. The lowest BCUT2D eigenvalue weighted by Crippen LogP contribution is -2.04. The molecule has 0 atom stereocenters. The van der Waals surface area contributed by atoms with Crippen LogP contribution in [0.5, 0.6) is 0 Å². The van der Waals surface area contributed by atoms with E-state index < -0.39 is 0 Å². The van der Waals surface area contributed by atoms with Crippen LogP contribution in [0.2, 0.25) is 15.8 Å². The van der Waals surface area contributed by atoms with Crippen LogP contribution in [0.4, 0.5) is 0 Å². The second-order valence-corrected chi connectivity index (χ2v) is 8.39. The van der Waals surface area contributed by atoms with Crippen molar-refractivity contribution in [2.45, 2.75) is 75.1 Å². The Balaban J connectivity index is 0.000000223. The van der Waals surface area contributed by atoms with Crippen LogP contribution in [0.1, 0.15) is 59.3 Å². The first-order chi connectivity index (χ1) is 6.35. The molecule has 0 aromatic rings. The van der Waals surface area contributed by atoms with Crippen LogP contribution in [0.15, 0.2) is 0 Å². The van der Waals surface area contributed by atoms with Gasteiger partial charge in [0.25, 0.3) is 14.1 Å². The molecular weight excluding hydrogens is 171 g/mol. The van der Waals surface area contributed by atoms with Crippen molar-refractivity contribution < 1.29 is 0 Å². The molecule has 0 radical (unpaired) electrons. The van der Waals surface area contributed by atoms with E-state index in [0.717, 1.165) is 0 Å². The van der Waals surface area contributed by atoms with E-state index in [0.29, 0.717) is 0 Å². The second kappa shape index (κ2) is 10.6. The Bertz CT molecular complexity index is 66.1. The van der Waals surface area contributed by atoms with Gasteiger partial charge in [0.2, 0.25) is 0 Å². The van der Waals surface area contributed by atoms with Crippen molar-refractivity contribution in [3.05, 3.63) is 0 Å². The van der Waals surface area contributed by atoms with Gasteiger partial charge in [-0.3, -0.25) is 0 Å². The molecule has 0 spiro atoms. The molecule has 0 amide bonds. The largest absolute Gasteiger partial charge is 0.261 e. The summed E-state index contributed by atoms with van der Waals surface area (Å²) in [4.78, 5) is 0. The smallest absolute Gasteiger partial charge is 0.0967 e. The fourth-order valence-electron chi connectivity index (χ4n) is 1.93. The van der Waals surface area contributed by atoms with E-state index in [1.807, 2.05) is 0 Å². The van der Waals surface area contributed by atoms with Gasteiger partial charge in [-0.1, -0.05) is 75.1 Å². The summed E-state index contributed by atoms with van der Waals surface area (Å²) in [6.07, 6.45) is 9.00. The Morgan fingerprint density at radius 2 is 0.846 bits per heavy atom. The lowest BCUT2D eigenvalue weighted by atomic mass is 10.0. The van der Waals surface area contributed by atoms with Crippen molar-refractivity contribution in [3.8, 4) is 0 Å². The maximum absolute atomic E-state index is 2.32. The van der Waals surface area contributed by atoms with Crippen molar-refractivity contribution in [3.63, 3.8) is 0 Å². The van der Waals surface area contributed by atoms with Gasteiger partial charge in [0, 0.05) is 0 Å². The first-order valence-electron chi connectivity index (χ1n) is 6.35. The SMILES string of the molecule is C1CCCCC1.C[CH2][Al]([CH2]C)[CH2]C. The third-order valence-electron chi connectivity index (χ3n) is 3.23. The highest BCUT2D eigenvalue weighted by atomic mass is 27.2. The average Bonchev–Trinajstić information content (AvgIpc) is 2.24. The Morgan fingerprint density at radius 3 is 0.923 bits per heavy atom. The van der Waals surface area contributed by atoms with Gasteiger partial charge in [0.1, 0.15) is 0 Å². The monoisotopic (exact) mass is 198 g/mol. The molecule has 0 heterocycles. The normalized spacial score (nSPS) is 15.9. The van der Waals surface area contributed by atoms with E-state index in [2.05, 4.69) is 20.8 Å². The maximum Gasteiger partial charge on any atom is 0.261 e. The van der Waals surface area contributed by atoms with Crippen LogP contribution >= 0.6 is 0 Å². The minimum Gasteiger partial charge on any atom is -0.0967 e. The number of hydrogen-bond acceptors (Lipinski definition) is 0. The second-order valence-electron chi connectivity index (χ2n) is 4.21. The lowest BCUT2D eigenvalue weighted by molar-refractivity contribution is 0.504. The molecule has 0 aromatic heterocycles. The summed E-state index contributed by atoms with van der Waals surface area (Å²) in [6.45, 7) is 6.97. The standard InChI is InChI=1S/C6H12.3C2H5.Al/c1-2-4-6-5-3-1;3*1-2;/h1-6H2;3*1H2,2H3;. The van der Waals surface area contributed by atoms with Gasteiger partial charge < -0.3 is 0 Å². The zero-order chi connectivity index (χ0) is 9.94. The molecule has 1 rings (SSSR count). The topological polar surface area (TPSA) is 0 Å². The summed E-state index contributed by atoms with van der Waals surface area (Å²) in [6, 6.07) is 0. The summed E-state index contributed by atoms with van der Waals surface area (Å²) < 4.78 is 0. The molecule has 1 aliphatic rings. The van der Waals surface area contributed by atoms with E-state index >= 15 is 0 Å². The van der Waals surface area contributed by atoms with E-state index in [1.54, 1.807) is 0 Å². The predicted molar refractivity (Wildman–Crippen MR) is 64.9 cm³/mol. The summed E-state index contributed by atoms with van der Waals surface area (Å²) in [7, 11) is 0. The van der Waals surface area contributed by atoms with Crippen LogP contribution in [-0.4, -0.2) is 14.1 Å².